The topological polar surface area (TPSA) is 150 Å². The summed E-state index contributed by atoms with van der Waals surface area (Å²) in [5.74, 6) is 12.7. The molecule has 0 saturated carbocycles. The van der Waals surface area contributed by atoms with Crippen molar-refractivity contribution in [1.29, 1.82) is 0 Å². The van der Waals surface area contributed by atoms with Crippen LogP contribution in [-0.4, -0.2) is 0 Å². The number of benzene rings is 6. The van der Waals surface area contributed by atoms with Gasteiger partial charge in [-0.25, -0.2) is 0 Å². The molecule has 0 unspecified atom stereocenters. The highest BCUT2D eigenvalue weighted by Gasteiger charge is 2.13. The van der Waals surface area contributed by atoms with E-state index in [2.05, 4.69) is 82.9 Å². The maximum absolute atomic E-state index is 8.72. The van der Waals surface area contributed by atoms with Gasteiger partial charge in [-0.2, -0.15) is 0 Å². The molecule has 10 heteroatoms. The van der Waals surface area contributed by atoms with Gasteiger partial charge in [0.15, 0.2) is 0 Å². The van der Waals surface area contributed by atoms with Crippen LogP contribution in [0.4, 0.5) is 34.1 Å². The highest BCUT2D eigenvalue weighted by molar-refractivity contribution is 5.79. The van der Waals surface area contributed by atoms with Gasteiger partial charge >= 0.3 is 0 Å². The largest absolute Gasteiger partial charge is 0.311 e. The van der Waals surface area contributed by atoms with Gasteiger partial charge in [-0.05, 0) is 113 Å². The summed E-state index contributed by atoms with van der Waals surface area (Å²) >= 11 is 0. The van der Waals surface area contributed by atoms with Crippen molar-refractivity contribution in [2.45, 2.75) is 0 Å². The normalized spacial score (nSPS) is 9.68. The van der Waals surface area contributed by atoms with Gasteiger partial charge in [-0.15, -0.1) is 0 Å². The van der Waals surface area contributed by atoms with Crippen LogP contribution >= 0.6 is 0 Å². The molecule has 0 fully saturated rings. The van der Waals surface area contributed by atoms with Crippen LogP contribution in [0.5, 0.6) is 0 Å². The molecular weight excluding hydrogens is 621 g/mol. The van der Waals surface area contributed by atoms with Crippen LogP contribution in [0, 0.1) is 23.7 Å². The van der Waals surface area contributed by atoms with Crippen LogP contribution in [0.15, 0.2) is 161 Å². The third-order valence-electron chi connectivity index (χ3n) is 7.49. The second-order valence-corrected chi connectivity index (χ2v) is 10.7. The Labute approximate surface area is 287 Å². The summed E-state index contributed by atoms with van der Waals surface area (Å²) < 4.78 is 0. The zero-order valence-corrected chi connectivity index (χ0v) is 26.3. The smallest absolute Gasteiger partial charge is 0.0462 e. The van der Waals surface area contributed by atoms with Crippen molar-refractivity contribution in [2.75, 3.05) is 4.90 Å². The number of hydrogen-bond acceptors (Lipinski definition) is 4. The summed E-state index contributed by atoms with van der Waals surface area (Å²) in [5, 5.41) is 10.9. The lowest BCUT2D eigenvalue weighted by molar-refractivity contribution is 1.28. The highest BCUT2D eigenvalue weighted by atomic mass is 15.1. The fraction of sp³-hybridized carbons (Fsp3) is 0. The minimum Gasteiger partial charge on any atom is -0.311 e. The fourth-order valence-corrected chi connectivity index (χ4v) is 5.02. The molecule has 0 bridgehead atoms. The minimum absolute atomic E-state index is 0.539. The lowest BCUT2D eigenvalue weighted by Gasteiger charge is -2.26. The number of hydrogen-bond donors (Lipinski definition) is 0. The predicted molar refractivity (Wildman–Crippen MR) is 198 cm³/mol. The Hall–Kier alpha value is -7.83. The zero-order chi connectivity index (χ0) is 34.5. The van der Waals surface area contributed by atoms with Crippen LogP contribution < -0.4 is 4.90 Å². The Balaban J connectivity index is 1.29. The predicted octanol–water partition coefficient (Wildman–Crippen LogP) is 12.4. The number of nitrogens with zero attached hydrogens (tertiary/aromatic N) is 10. The lowest BCUT2D eigenvalue weighted by atomic mass is 10.0. The molecule has 6 rings (SSSR count). The summed E-state index contributed by atoms with van der Waals surface area (Å²) in [7, 11) is 0. The van der Waals surface area contributed by atoms with Crippen LogP contribution in [0.1, 0.15) is 22.3 Å². The number of azide groups is 3. The Morgan fingerprint density at radius 3 is 0.880 bits per heavy atom. The summed E-state index contributed by atoms with van der Waals surface area (Å²) in [6.07, 6.45) is 0. The van der Waals surface area contributed by atoms with Crippen molar-refractivity contribution in [3.8, 4) is 34.8 Å². The molecule has 234 valence electrons. The van der Waals surface area contributed by atoms with E-state index in [1.807, 2.05) is 84.9 Å². The van der Waals surface area contributed by atoms with Gasteiger partial charge in [0.2, 0.25) is 0 Å². The van der Waals surface area contributed by atoms with E-state index in [-0.39, 0.29) is 0 Å². The van der Waals surface area contributed by atoms with E-state index in [4.69, 9.17) is 16.6 Å². The molecule has 0 aliphatic heterocycles. The van der Waals surface area contributed by atoms with E-state index >= 15 is 0 Å². The van der Waals surface area contributed by atoms with Crippen LogP contribution in [0.2, 0.25) is 0 Å². The summed E-state index contributed by atoms with van der Waals surface area (Å²) in [6.45, 7) is 0. The monoisotopic (exact) mass is 644 g/mol. The van der Waals surface area contributed by atoms with Gasteiger partial charge < -0.3 is 4.90 Å². The first-order chi connectivity index (χ1) is 24.6. The number of anilines is 3. The van der Waals surface area contributed by atoms with Crippen molar-refractivity contribution in [3.63, 3.8) is 0 Å². The first-order valence-electron chi connectivity index (χ1n) is 15.2. The first-order valence-corrected chi connectivity index (χ1v) is 15.2. The van der Waals surface area contributed by atoms with Gasteiger partial charge in [0.25, 0.3) is 0 Å². The third kappa shape index (κ3) is 8.11. The molecule has 0 aliphatic rings. The maximum Gasteiger partial charge on any atom is 0.0462 e. The SMILES string of the molecule is [N-]=[N+]=Nc1ccc(C#Cc2ccc(N(c3ccc(C#Cc4ccc(N=[N+]=[N-])cc4)cc3)c3ccc(-c4ccc(N=[N+]=[N-])cc4)cc3)cc2)cc1. The van der Waals surface area contributed by atoms with Gasteiger partial charge in [0.05, 0.1) is 0 Å². The van der Waals surface area contributed by atoms with Crippen molar-refractivity contribution in [3.05, 3.63) is 199 Å². The molecule has 0 N–H and O–H groups in total. The fourth-order valence-electron chi connectivity index (χ4n) is 5.02. The average molecular weight is 645 g/mol. The van der Waals surface area contributed by atoms with Crippen LogP contribution in [0.3, 0.4) is 0 Å². The Morgan fingerprint density at radius 1 is 0.340 bits per heavy atom. The molecule has 6 aromatic carbocycles. The van der Waals surface area contributed by atoms with Crippen LogP contribution in [-0.2, 0) is 0 Å². The van der Waals surface area contributed by atoms with Gasteiger partial charge in [0, 0.05) is 71.1 Å². The zero-order valence-electron chi connectivity index (χ0n) is 26.3. The maximum atomic E-state index is 8.72. The van der Waals surface area contributed by atoms with E-state index < -0.39 is 0 Å². The Bertz CT molecular complexity index is 2270. The Kier molecular flexibility index (Phi) is 10.0. The molecule has 0 atom stereocenters. The van der Waals surface area contributed by atoms with Gasteiger partial charge in [0.1, 0.15) is 0 Å². The van der Waals surface area contributed by atoms with E-state index in [1.54, 1.807) is 36.4 Å². The molecule has 0 heterocycles. The van der Waals surface area contributed by atoms with Gasteiger partial charge in [-0.1, -0.05) is 99.7 Å². The Morgan fingerprint density at radius 2 is 0.580 bits per heavy atom. The quantitative estimate of drug-likeness (QED) is 0.0722. The van der Waals surface area contributed by atoms with Crippen LogP contribution in [0.25, 0.3) is 42.5 Å². The molecule has 0 aliphatic carbocycles. The van der Waals surface area contributed by atoms with Crippen molar-refractivity contribution in [2.24, 2.45) is 15.3 Å². The summed E-state index contributed by atoms with van der Waals surface area (Å²) in [6, 6.07) is 46.0. The van der Waals surface area contributed by atoms with E-state index in [0.29, 0.717) is 17.1 Å². The molecule has 0 amide bonds. The van der Waals surface area contributed by atoms with E-state index in [0.717, 1.165) is 50.4 Å². The van der Waals surface area contributed by atoms with Crippen molar-refractivity contribution >= 4 is 34.1 Å². The lowest BCUT2D eigenvalue weighted by Crippen LogP contribution is -2.09. The highest BCUT2D eigenvalue weighted by Crippen LogP contribution is 2.36. The van der Waals surface area contributed by atoms with Gasteiger partial charge in [-0.3, -0.25) is 0 Å². The molecular formula is C40H24N10. The van der Waals surface area contributed by atoms with Crippen molar-refractivity contribution < 1.29 is 0 Å². The van der Waals surface area contributed by atoms with Crippen molar-refractivity contribution in [1.82, 2.24) is 0 Å². The molecule has 50 heavy (non-hydrogen) atoms. The van der Waals surface area contributed by atoms with E-state index in [1.165, 1.54) is 0 Å². The molecule has 0 spiro atoms. The molecule has 0 radical (unpaired) electrons. The summed E-state index contributed by atoms with van der Waals surface area (Å²) in [4.78, 5) is 10.6. The molecule has 0 aromatic heterocycles. The average Bonchev–Trinajstić information content (AvgIpc) is 3.16. The third-order valence-corrected chi connectivity index (χ3v) is 7.49. The standard InChI is InChI=1S/C40H24N10/c41-47-44-35-17-5-29(6-18-35)1-3-31-9-23-38(24-10-31)50(40-27-15-34(16-28-40)33-13-21-37(22-14-33)46-49-43)39-25-11-32(12-26-39)4-2-30-7-19-36(20-8-30)45-48-42/h5-28H. The van der Waals surface area contributed by atoms with E-state index in [9.17, 15) is 0 Å². The molecule has 10 nitrogen and oxygen atoms in total. The summed E-state index contributed by atoms with van der Waals surface area (Å²) in [5.41, 5.74) is 35.8. The number of rotatable bonds is 7. The second kappa shape index (κ2) is 15.6. The molecule has 6 aromatic rings. The second-order valence-electron chi connectivity index (χ2n) is 10.7. The first kappa shape index (κ1) is 32.1. The minimum atomic E-state index is 0.539. The molecule has 0 saturated heterocycles.